The van der Waals surface area contributed by atoms with Crippen LogP contribution in [0, 0.1) is 12.8 Å². The minimum absolute atomic E-state index is 0.0169. The summed E-state index contributed by atoms with van der Waals surface area (Å²) in [6.07, 6.45) is 5.61. The summed E-state index contributed by atoms with van der Waals surface area (Å²) in [4.78, 5) is 26.3. The third kappa shape index (κ3) is 4.02. The Morgan fingerprint density at radius 1 is 1.12 bits per heavy atom. The van der Waals surface area contributed by atoms with Gasteiger partial charge in [0.2, 0.25) is 5.91 Å². The summed E-state index contributed by atoms with van der Waals surface area (Å²) in [7, 11) is 0. The van der Waals surface area contributed by atoms with Gasteiger partial charge in [-0.15, -0.1) is 5.10 Å². The van der Waals surface area contributed by atoms with E-state index in [-0.39, 0.29) is 17.7 Å². The van der Waals surface area contributed by atoms with E-state index >= 15 is 0 Å². The largest absolute Gasteiger partial charge is 0.369 e. The van der Waals surface area contributed by atoms with Crippen LogP contribution in [0.25, 0.3) is 21.9 Å². The maximum absolute atomic E-state index is 12.5. The normalized spacial score (nSPS) is 18.5. The zero-order valence-electron chi connectivity index (χ0n) is 18.2. The van der Waals surface area contributed by atoms with Crippen molar-refractivity contribution in [2.45, 2.75) is 38.6 Å². The molecule has 1 aliphatic heterocycles. The van der Waals surface area contributed by atoms with Crippen molar-refractivity contribution in [3.8, 4) is 11.1 Å². The number of nitrogens with zero attached hydrogens (tertiary/aromatic N) is 3. The first-order valence-corrected chi connectivity index (χ1v) is 11.2. The van der Waals surface area contributed by atoms with Gasteiger partial charge in [-0.3, -0.25) is 9.59 Å². The Morgan fingerprint density at radius 3 is 2.75 bits per heavy atom. The molecular formula is C25H27N5O2. The lowest BCUT2D eigenvalue weighted by Gasteiger charge is -2.32. The number of fused-ring (bicyclic) bond motifs is 1. The number of anilines is 1. The molecule has 1 aliphatic carbocycles. The van der Waals surface area contributed by atoms with Crippen molar-refractivity contribution < 1.29 is 9.59 Å². The molecule has 2 fully saturated rings. The van der Waals surface area contributed by atoms with E-state index in [9.17, 15) is 9.59 Å². The zero-order chi connectivity index (χ0) is 22.2. The monoisotopic (exact) mass is 429 g/mol. The molecule has 7 nitrogen and oxygen atoms in total. The van der Waals surface area contributed by atoms with Crippen LogP contribution in [0.3, 0.4) is 0 Å². The maximum Gasteiger partial charge on any atom is 0.251 e. The van der Waals surface area contributed by atoms with Gasteiger partial charge in [0, 0.05) is 35.5 Å². The van der Waals surface area contributed by atoms with Crippen LogP contribution in [0.5, 0.6) is 0 Å². The van der Waals surface area contributed by atoms with Gasteiger partial charge in [0.25, 0.3) is 5.91 Å². The van der Waals surface area contributed by atoms with Crippen molar-refractivity contribution in [2.24, 2.45) is 11.7 Å². The molecule has 0 radical (unpaired) electrons. The molecule has 7 heteroatoms. The molecule has 3 aromatic rings. The van der Waals surface area contributed by atoms with Crippen molar-refractivity contribution in [1.82, 2.24) is 15.5 Å². The number of aromatic nitrogens is 2. The number of hydrogen-bond donors (Lipinski definition) is 2. The average molecular weight is 430 g/mol. The third-order valence-electron chi connectivity index (χ3n) is 6.49. The number of primary amides is 1. The van der Waals surface area contributed by atoms with E-state index in [0.717, 1.165) is 65.5 Å². The lowest BCUT2D eigenvalue weighted by molar-refractivity contribution is -0.122. The molecule has 1 saturated carbocycles. The van der Waals surface area contributed by atoms with Gasteiger partial charge in [0.1, 0.15) is 0 Å². The minimum Gasteiger partial charge on any atom is -0.369 e. The molecule has 5 rings (SSSR count). The van der Waals surface area contributed by atoms with Crippen LogP contribution in [0.4, 0.5) is 5.82 Å². The number of benzene rings is 2. The van der Waals surface area contributed by atoms with Gasteiger partial charge in [-0.2, -0.15) is 5.10 Å². The fourth-order valence-corrected chi connectivity index (χ4v) is 4.45. The first-order valence-electron chi connectivity index (χ1n) is 11.2. The number of carbonyl (C=O) groups excluding carboxylic acids is 2. The highest BCUT2D eigenvalue weighted by Gasteiger charge is 2.26. The molecule has 2 aromatic carbocycles. The highest BCUT2D eigenvalue weighted by atomic mass is 16.2. The first-order chi connectivity index (χ1) is 15.5. The van der Waals surface area contributed by atoms with Crippen LogP contribution in [-0.4, -0.2) is 41.1 Å². The van der Waals surface area contributed by atoms with Gasteiger partial charge in [0.15, 0.2) is 5.82 Å². The summed E-state index contributed by atoms with van der Waals surface area (Å²) in [6.45, 7) is 3.45. The molecule has 2 heterocycles. The van der Waals surface area contributed by atoms with Crippen molar-refractivity contribution in [2.75, 3.05) is 18.0 Å². The summed E-state index contributed by atoms with van der Waals surface area (Å²) in [6, 6.07) is 12.4. The number of amides is 2. The maximum atomic E-state index is 12.5. The number of carbonyl (C=O) groups is 2. The Kier molecular flexibility index (Phi) is 5.25. The molecule has 32 heavy (non-hydrogen) atoms. The topological polar surface area (TPSA) is 101 Å². The van der Waals surface area contributed by atoms with E-state index in [1.165, 1.54) is 0 Å². The van der Waals surface area contributed by atoms with Crippen molar-refractivity contribution in [3.63, 3.8) is 0 Å². The van der Waals surface area contributed by atoms with E-state index in [4.69, 9.17) is 5.73 Å². The van der Waals surface area contributed by atoms with Gasteiger partial charge in [0.05, 0.1) is 12.1 Å². The van der Waals surface area contributed by atoms with Crippen LogP contribution in [0.1, 0.15) is 41.6 Å². The Labute approximate surface area is 187 Å². The number of nitrogens with two attached hydrogens (primary N) is 1. The average Bonchev–Trinajstić information content (AvgIpc) is 3.62. The SMILES string of the molecule is Cc1ccc(C(=O)NC2CC2)cc1-c1ccc2c(N3CCC[C@H](C(N)=O)C3)nncc2c1. The summed E-state index contributed by atoms with van der Waals surface area (Å²) in [5, 5.41) is 13.6. The molecule has 1 aromatic heterocycles. The second-order valence-corrected chi connectivity index (χ2v) is 8.94. The predicted octanol–water partition coefficient (Wildman–Crippen LogP) is 3.20. The molecule has 2 amide bonds. The third-order valence-corrected chi connectivity index (χ3v) is 6.49. The zero-order valence-corrected chi connectivity index (χ0v) is 18.2. The molecular weight excluding hydrogens is 402 g/mol. The molecule has 0 unspecified atom stereocenters. The van der Waals surface area contributed by atoms with Crippen LogP contribution in [0.15, 0.2) is 42.6 Å². The molecule has 164 valence electrons. The van der Waals surface area contributed by atoms with E-state index in [2.05, 4.69) is 45.5 Å². The Bertz CT molecular complexity index is 1200. The highest BCUT2D eigenvalue weighted by molar-refractivity contribution is 5.98. The van der Waals surface area contributed by atoms with Crippen LogP contribution < -0.4 is 16.0 Å². The molecule has 1 atom stereocenters. The summed E-state index contributed by atoms with van der Waals surface area (Å²) < 4.78 is 0. The minimum atomic E-state index is -0.258. The lowest BCUT2D eigenvalue weighted by Crippen LogP contribution is -2.41. The smallest absolute Gasteiger partial charge is 0.251 e. The Hall–Kier alpha value is -3.48. The number of piperidine rings is 1. The molecule has 0 spiro atoms. The fraction of sp³-hybridized carbons (Fsp3) is 0.360. The standard InChI is InChI=1S/C25H27N5O2/c1-15-4-5-17(25(32)28-20-7-8-20)12-22(15)16-6-9-21-19(11-16)13-27-29-24(21)30-10-2-3-18(14-30)23(26)31/h4-6,9,11-13,18,20H,2-3,7-8,10,14H2,1H3,(H2,26,31)(H,28,32)/t18-/m0/s1. The number of aryl methyl sites for hydroxylation is 1. The number of rotatable bonds is 5. The van der Waals surface area contributed by atoms with E-state index in [1.807, 2.05) is 18.2 Å². The van der Waals surface area contributed by atoms with E-state index in [1.54, 1.807) is 6.20 Å². The van der Waals surface area contributed by atoms with Gasteiger partial charge >= 0.3 is 0 Å². The lowest BCUT2D eigenvalue weighted by atomic mass is 9.95. The predicted molar refractivity (Wildman–Crippen MR) is 124 cm³/mol. The molecule has 3 N–H and O–H groups in total. The van der Waals surface area contributed by atoms with Crippen LogP contribution >= 0.6 is 0 Å². The van der Waals surface area contributed by atoms with Crippen LogP contribution in [0.2, 0.25) is 0 Å². The summed E-state index contributed by atoms with van der Waals surface area (Å²) in [5.41, 5.74) is 9.40. The van der Waals surface area contributed by atoms with Crippen molar-refractivity contribution >= 4 is 28.4 Å². The second-order valence-electron chi connectivity index (χ2n) is 8.94. The van der Waals surface area contributed by atoms with Gasteiger partial charge < -0.3 is 16.0 Å². The van der Waals surface area contributed by atoms with Gasteiger partial charge in [-0.1, -0.05) is 12.1 Å². The Balaban J connectivity index is 1.48. The summed E-state index contributed by atoms with van der Waals surface area (Å²) in [5.74, 6) is 0.351. The second kappa shape index (κ2) is 8.22. The van der Waals surface area contributed by atoms with Gasteiger partial charge in [-0.05, 0) is 73.6 Å². The fourth-order valence-electron chi connectivity index (χ4n) is 4.45. The van der Waals surface area contributed by atoms with Gasteiger partial charge in [-0.25, -0.2) is 0 Å². The highest BCUT2D eigenvalue weighted by Crippen LogP contribution is 2.32. The molecule has 2 aliphatic rings. The first kappa shape index (κ1) is 20.4. The molecule has 0 bridgehead atoms. The van der Waals surface area contributed by atoms with E-state index < -0.39 is 0 Å². The quantitative estimate of drug-likeness (QED) is 0.649. The molecule has 1 saturated heterocycles. The Morgan fingerprint density at radius 2 is 1.97 bits per heavy atom. The van der Waals surface area contributed by atoms with Crippen molar-refractivity contribution in [1.29, 1.82) is 0 Å². The number of hydrogen-bond acceptors (Lipinski definition) is 5. The van der Waals surface area contributed by atoms with Crippen molar-refractivity contribution in [3.05, 3.63) is 53.7 Å². The summed E-state index contributed by atoms with van der Waals surface area (Å²) >= 11 is 0. The van der Waals surface area contributed by atoms with Crippen LogP contribution in [-0.2, 0) is 4.79 Å². The van der Waals surface area contributed by atoms with E-state index in [0.29, 0.717) is 18.2 Å². The number of nitrogens with one attached hydrogen (secondary N) is 1.